The van der Waals surface area contributed by atoms with E-state index in [1.54, 1.807) is 0 Å². The first-order valence-corrected chi connectivity index (χ1v) is 13.2. The second kappa shape index (κ2) is 10.1. The highest BCUT2D eigenvalue weighted by Crippen LogP contribution is 2.45. The van der Waals surface area contributed by atoms with Crippen LogP contribution in [0.25, 0.3) is 22.0 Å². The van der Waals surface area contributed by atoms with Crippen molar-refractivity contribution in [3.8, 4) is 22.9 Å². The van der Waals surface area contributed by atoms with Crippen molar-refractivity contribution in [2.45, 2.75) is 19.8 Å². The molecule has 0 N–H and O–H groups in total. The molecule has 1 aromatic heterocycles. The molecule has 8 nitrogen and oxygen atoms in total. The van der Waals surface area contributed by atoms with Gasteiger partial charge in [0.1, 0.15) is 11.8 Å². The van der Waals surface area contributed by atoms with Crippen molar-refractivity contribution >= 4 is 22.5 Å². The second-order valence-electron chi connectivity index (χ2n) is 11.0. The van der Waals surface area contributed by atoms with E-state index >= 15 is 0 Å². The van der Waals surface area contributed by atoms with Crippen LogP contribution < -0.4 is 9.64 Å². The highest BCUT2D eigenvalue weighted by Gasteiger charge is 2.49. The van der Waals surface area contributed by atoms with Crippen LogP contribution in [0, 0.1) is 23.7 Å². The van der Waals surface area contributed by atoms with Gasteiger partial charge in [0.2, 0.25) is 5.91 Å². The van der Waals surface area contributed by atoms with Gasteiger partial charge in [-0.05, 0) is 51.6 Å². The van der Waals surface area contributed by atoms with Crippen LogP contribution in [-0.4, -0.2) is 78.9 Å². The quantitative estimate of drug-likeness (QED) is 0.336. The van der Waals surface area contributed by atoms with Crippen LogP contribution in [0.3, 0.4) is 0 Å². The molecular weight excluding hydrogens is 476 g/mol. The summed E-state index contributed by atoms with van der Waals surface area (Å²) >= 11 is 0. The van der Waals surface area contributed by atoms with Crippen LogP contribution >= 0.6 is 0 Å². The molecule has 0 atom stereocenters. The number of carbonyl (C=O) groups is 1. The predicted molar refractivity (Wildman–Crippen MR) is 150 cm³/mol. The molecule has 2 aromatic carbocycles. The summed E-state index contributed by atoms with van der Waals surface area (Å²) in [6, 6.07) is 10.8. The van der Waals surface area contributed by atoms with E-state index in [0.29, 0.717) is 12.2 Å². The topological polar surface area (TPSA) is 77.6 Å². The zero-order valence-electron chi connectivity index (χ0n) is 22.8. The summed E-state index contributed by atoms with van der Waals surface area (Å²) in [6.45, 7) is 10.4. The Morgan fingerprint density at radius 3 is 2.79 bits per heavy atom. The molecule has 38 heavy (non-hydrogen) atoms. The van der Waals surface area contributed by atoms with Gasteiger partial charge in [0.25, 0.3) is 0 Å². The van der Waals surface area contributed by atoms with E-state index in [1.165, 1.54) is 6.08 Å². The third kappa shape index (κ3) is 4.63. The number of aryl methyl sites for hydroxylation is 2. The number of anilines is 1. The number of carbonyl (C=O) groups excluding carboxylic acids is 1. The highest BCUT2D eigenvalue weighted by molar-refractivity contribution is 5.98. The lowest BCUT2D eigenvalue weighted by Crippen LogP contribution is -2.59. The molecule has 3 heterocycles. The van der Waals surface area contributed by atoms with Crippen molar-refractivity contribution < 1.29 is 9.53 Å². The summed E-state index contributed by atoms with van der Waals surface area (Å²) in [5, 5.41) is 16.0. The minimum atomic E-state index is -0.0121. The van der Waals surface area contributed by atoms with Gasteiger partial charge in [-0.3, -0.25) is 9.48 Å². The molecule has 2 saturated heterocycles. The smallest absolute Gasteiger partial charge is 0.245 e. The monoisotopic (exact) mass is 512 g/mol. The van der Waals surface area contributed by atoms with Gasteiger partial charge in [-0.15, -0.1) is 0 Å². The van der Waals surface area contributed by atoms with Crippen LogP contribution in [0.4, 0.5) is 5.69 Å². The Kier molecular flexibility index (Phi) is 6.89. The zero-order valence-corrected chi connectivity index (χ0v) is 22.8. The Morgan fingerprint density at radius 2 is 2.08 bits per heavy atom. The number of hydrogen-bond donors (Lipinski definition) is 0. The van der Waals surface area contributed by atoms with Crippen LogP contribution in [0.2, 0.25) is 0 Å². The lowest BCUT2D eigenvalue weighted by molar-refractivity contribution is -0.136. The van der Waals surface area contributed by atoms with Crippen LogP contribution in [0.1, 0.15) is 24.0 Å². The fourth-order valence-electron chi connectivity index (χ4n) is 5.97. The number of hydrogen-bond acceptors (Lipinski definition) is 6. The minimum absolute atomic E-state index is 0.0121. The average Bonchev–Trinajstić information content (AvgIpc) is 3.49. The molecule has 0 unspecified atom stereocenters. The van der Waals surface area contributed by atoms with Crippen molar-refractivity contribution in [2.24, 2.45) is 12.5 Å². The summed E-state index contributed by atoms with van der Waals surface area (Å²) in [6.07, 6.45) is 5.15. The molecule has 2 aliphatic heterocycles. The fourth-order valence-corrected chi connectivity index (χ4v) is 5.97. The summed E-state index contributed by atoms with van der Waals surface area (Å²) in [4.78, 5) is 18.4. The zero-order chi connectivity index (χ0) is 27.0. The summed E-state index contributed by atoms with van der Waals surface area (Å²) < 4.78 is 8.17. The lowest BCUT2D eigenvalue weighted by atomic mass is 9.79. The maximum Gasteiger partial charge on any atom is 0.245 e. The largest absolute Gasteiger partial charge is 0.493 e. The van der Waals surface area contributed by atoms with E-state index in [9.17, 15) is 10.1 Å². The van der Waals surface area contributed by atoms with E-state index in [-0.39, 0.29) is 11.3 Å². The average molecular weight is 513 g/mol. The van der Waals surface area contributed by atoms with Gasteiger partial charge in [-0.2, -0.15) is 10.4 Å². The number of fused-ring (bicyclic) bond motifs is 1. The second-order valence-corrected chi connectivity index (χ2v) is 11.0. The number of rotatable bonds is 8. The molecule has 0 bridgehead atoms. The Labute approximate surface area is 224 Å². The molecule has 0 saturated carbocycles. The fraction of sp³-hybridized carbons (Fsp3) is 0.433. The molecule has 3 aromatic rings. The molecule has 5 rings (SSSR count). The van der Waals surface area contributed by atoms with Gasteiger partial charge < -0.3 is 19.4 Å². The normalized spacial score (nSPS) is 16.2. The molecule has 198 valence electrons. The molecule has 2 aliphatic rings. The maximum atomic E-state index is 12.1. The Morgan fingerprint density at radius 1 is 1.29 bits per heavy atom. The van der Waals surface area contributed by atoms with Crippen molar-refractivity contribution in [2.75, 3.05) is 58.3 Å². The van der Waals surface area contributed by atoms with Gasteiger partial charge >= 0.3 is 0 Å². The van der Waals surface area contributed by atoms with Crippen LogP contribution in [0.5, 0.6) is 5.75 Å². The van der Waals surface area contributed by atoms with Gasteiger partial charge in [0.05, 0.1) is 29.6 Å². The predicted octanol–water partition coefficient (Wildman–Crippen LogP) is 3.98. The lowest BCUT2D eigenvalue weighted by Gasteiger charge is -2.47. The SMILES string of the molecule is C=CC(=O)N1CC2(CCN(c3cc(OCCCN(C)C)cc(-c4c(C)ccc5cnn(C)c45)c3C#N)C2)C1. The first-order valence-electron chi connectivity index (χ1n) is 13.2. The number of nitrogens with zero attached hydrogens (tertiary/aromatic N) is 6. The molecular formula is C30H36N6O2. The molecule has 0 radical (unpaired) electrons. The van der Waals surface area contributed by atoms with Crippen molar-refractivity contribution in [1.29, 1.82) is 5.26 Å². The Hall–Kier alpha value is -3.83. The third-order valence-corrected chi connectivity index (χ3v) is 7.92. The van der Waals surface area contributed by atoms with Crippen molar-refractivity contribution in [3.63, 3.8) is 0 Å². The Bertz CT molecular complexity index is 1430. The molecule has 2 fully saturated rings. The molecule has 0 aliphatic carbocycles. The van der Waals surface area contributed by atoms with Crippen LogP contribution in [-0.2, 0) is 11.8 Å². The number of nitriles is 1. The Balaban J connectivity index is 1.56. The highest BCUT2D eigenvalue weighted by atomic mass is 16.5. The van der Waals surface area contributed by atoms with Crippen LogP contribution in [0.15, 0.2) is 43.1 Å². The van der Waals surface area contributed by atoms with Gasteiger partial charge in [0.15, 0.2) is 0 Å². The number of likely N-dealkylation sites (tertiary alicyclic amines) is 1. The standard InChI is InChI=1S/C30H36N6O2/c1-6-27(37)36-19-30(20-36)10-12-35(18-30)26-15-23(38-13-7-11-33(3)4)14-24(25(26)16-31)28-21(2)8-9-22-17-32-34(5)29(22)28/h6,8-9,14-15,17H,1,7,10-13,18-20H2,2-5H3. The molecule has 1 spiro atoms. The summed E-state index contributed by atoms with van der Waals surface area (Å²) in [5.74, 6) is 0.756. The molecule has 1 amide bonds. The number of aromatic nitrogens is 2. The van der Waals surface area contributed by atoms with Gasteiger partial charge in [-0.1, -0.05) is 18.7 Å². The number of amides is 1. The number of ether oxygens (including phenoxy) is 1. The first kappa shape index (κ1) is 25.8. The van der Waals surface area contributed by atoms with Gasteiger partial charge in [0, 0.05) is 67.8 Å². The van der Waals surface area contributed by atoms with E-state index in [0.717, 1.165) is 84.6 Å². The van der Waals surface area contributed by atoms with E-state index in [2.05, 4.69) is 60.7 Å². The van der Waals surface area contributed by atoms with Crippen molar-refractivity contribution in [1.82, 2.24) is 19.6 Å². The van der Waals surface area contributed by atoms with E-state index in [1.807, 2.05) is 35.0 Å². The summed E-state index contributed by atoms with van der Waals surface area (Å²) in [7, 11) is 6.06. The summed E-state index contributed by atoms with van der Waals surface area (Å²) in [5.41, 5.74) is 5.59. The van der Waals surface area contributed by atoms with Gasteiger partial charge in [-0.25, -0.2) is 0 Å². The third-order valence-electron chi connectivity index (χ3n) is 7.92. The van der Waals surface area contributed by atoms with E-state index in [4.69, 9.17) is 4.74 Å². The van der Waals surface area contributed by atoms with Crippen molar-refractivity contribution in [3.05, 3.63) is 54.2 Å². The number of benzene rings is 2. The molecule has 8 heteroatoms. The van der Waals surface area contributed by atoms with E-state index < -0.39 is 0 Å². The maximum absolute atomic E-state index is 12.1. The first-order chi connectivity index (χ1) is 18.2. The minimum Gasteiger partial charge on any atom is -0.493 e.